The van der Waals surface area contributed by atoms with Crippen molar-refractivity contribution in [2.45, 2.75) is 20.3 Å². The van der Waals surface area contributed by atoms with Crippen molar-refractivity contribution in [3.63, 3.8) is 0 Å². The van der Waals surface area contributed by atoms with Crippen molar-refractivity contribution in [3.05, 3.63) is 12.2 Å². The summed E-state index contributed by atoms with van der Waals surface area (Å²) in [6.45, 7) is 4.29. The van der Waals surface area contributed by atoms with Gasteiger partial charge in [-0.05, 0) is 24.2 Å². The first-order chi connectivity index (χ1) is 5.18. The molecule has 0 unspecified atom stereocenters. The Bertz CT molecular complexity index is 219. The molecule has 60 valence electrons. The molecule has 2 rings (SSSR count). The Hall–Kier alpha value is -0.590. The highest BCUT2D eigenvalue weighted by Crippen LogP contribution is 2.54. The van der Waals surface area contributed by atoms with Crippen molar-refractivity contribution in [2.24, 2.45) is 23.2 Å². The summed E-state index contributed by atoms with van der Waals surface area (Å²) in [6.07, 6.45) is 6.86. The van der Waals surface area contributed by atoms with Crippen molar-refractivity contribution >= 4 is 6.29 Å². The first-order valence-electron chi connectivity index (χ1n) is 4.33. The van der Waals surface area contributed by atoms with Crippen LogP contribution in [0.2, 0.25) is 0 Å². The van der Waals surface area contributed by atoms with Crippen LogP contribution >= 0.6 is 0 Å². The third-order valence-corrected chi connectivity index (χ3v) is 3.79. The Morgan fingerprint density at radius 2 is 2.27 bits per heavy atom. The van der Waals surface area contributed by atoms with Crippen LogP contribution in [0.4, 0.5) is 0 Å². The van der Waals surface area contributed by atoms with Gasteiger partial charge in [-0.1, -0.05) is 26.0 Å². The number of carbonyl (C=O) groups is 1. The fourth-order valence-corrected chi connectivity index (χ4v) is 2.55. The summed E-state index contributed by atoms with van der Waals surface area (Å²) >= 11 is 0. The minimum atomic E-state index is -0.0561. The van der Waals surface area contributed by atoms with E-state index in [1.54, 1.807) is 0 Å². The fourth-order valence-electron chi connectivity index (χ4n) is 2.55. The summed E-state index contributed by atoms with van der Waals surface area (Å²) in [4.78, 5) is 10.9. The van der Waals surface area contributed by atoms with Crippen molar-refractivity contribution in [3.8, 4) is 0 Å². The summed E-state index contributed by atoms with van der Waals surface area (Å²) in [5.74, 6) is 1.75. The number of aldehydes is 1. The number of fused-ring (bicyclic) bond motifs is 2. The maximum absolute atomic E-state index is 10.9. The summed E-state index contributed by atoms with van der Waals surface area (Å²) < 4.78 is 0. The highest BCUT2D eigenvalue weighted by Gasteiger charge is 2.50. The van der Waals surface area contributed by atoms with Crippen LogP contribution in [-0.2, 0) is 4.79 Å². The average Bonchev–Trinajstić information content (AvgIpc) is 2.56. The monoisotopic (exact) mass is 150 g/mol. The van der Waals surface area contributed by atoms with Gasteiger partial charge in [0.1, 0.15) is 6.29 Å². The molecule has 2 aliphatic rings. The minimum Gasteiger partial charge on any atom is -0.303 e. The summed E-state index contributed by atoms with van der Waals surface area (Å²) in [7, 11) is 0. The van der Waals surface area contributed by atoms with E-state index in [0.29, 0.717) is 17.8 Å². The van der Waals surface area contributed by atoms with Crippen LogP contribution in [-0.4, -0.2) is 6.29 Å². The van der Waals surface area contributed by atoms with Crippen LogP contribution in [0, 0.1) is 23.2 Å². The highest BCUT2D eigenvalue weighted by atomic mass is 16.1. The van der Waals surface area contributed by atoms with Gasteiger partial charge in [-0.3, -0.25) is 0 Å². The molecule has 0 radical (unpaired) electrons. The predicted octanol–water partition coefficient (Wildman–Crippen LogP) is 2.03. The van der Waals surface area contributed by atoms with E-state index in [2.05, 4.69) is 26.0 Å². The molecule has 1 nitrogen and oxygen atoms in total. The molecule has 1 saturated carbocycles. The van der Waals surface area contributed by atoms with Crippen LogP contribution in [0.25, 0.3) is 0 Å². The number of carbonyl (C=O) groups excluding carboxylic acids is 1. The third kappa shape index (κ3) is 0.688. The Labute approximate surface area is 67.5 Å². The second kappa shape index (κ2) is 1.96. The maximum atomic E-state index is 10.9. The largest absolute Gasteiger partial charge is 0.303 e. The topological polar surface area (TPSA) is 17.1 Å². The average molecular weight is 150 g/mol. The molecule has 2 bridgehead atoms. The van der Waals surface area contributed by atoms with E-state index in [0.717, 1.165) is 6.29 Å². The SMILES string of the molecule is C[C@H]1[C@H]2C=C[C@H](C2)[C@@]1(C)C=O. The molecule has 0 spiro atoms. The molecule has 0 aromatic heterocycles. The molecule has 4 atom stereocenters. The van der Waals surface area contributed by atoms with Crippen LogP contribution in [0.1, 0.15) is 20.3 Å². The predicted molar refractivity (Wildman–Crippen MR) is 44.1 cm³/mol. The number of rotatable bonds is 1. The lowest BCUT2D eigenvalue weighted by Gasteiger charge is -2.30. The molecule has 0 aliphatic heterocycles. The van der Waals surface area contributed by atoms with Gasteiger partial charge in [-0.25, -0.2) is 0 Å². The molecule has 0 heterocycles. The van der Waals surface area contributed by atoms with Crippen molar-refractivity contribution in [2.75, 3.05) is 0 Å². The molecule has 11 heavy (non-hydrogen) atoms. The quantitative estimate of drug-likeness (QED) is 0.413. The van der Waals surface area contributed by atoms with Gasteiger partial charge in [0.15, 0.2) is 0 Å². The van der Waals surface area contributed by atoms with Gasteiger partial charge in [0.2, 0.25) is 0 Å². The van der Waals surface area contributed by atoms with E-state index in [-0.39, 0.29) is 5.41 Å². The number of hydrogen-bond donors (Lipinski definition) is 0. The lowest BCUT2D eigenvalue weighted by molar-refractivity contribution is -0.118. The van der Waals surface area contributed by atoms with Gasteiger partial charge in [0.05, 0.1) is 0 Å². The Kier molecular flexibility index (Phi) is 1.26. The molecule has 0 aromatic rings. The summed E-state index contributed by atoms with van der Waals surface area (Å²) in [5.41, 5.74) is -0.0561. The molecule has 0 saturated heterocycles. The molecule has 1 heteroatoms. The lowest BCUT2D eigenvalue weighted by Crippen LogP contribution is -2.30. The summed E-state index contributed by atoms with van der Waals surface area (Å²) in [5, 5.41) is 0. The van der Waals surface area contributed by atoms with Crippen molar-refractivity contribution in [1.29, 1.82) is 0 Å². The Morgan fingerprint density at radius 3 is 2.64 bits per heavy atom. The number of hydrogen-bond acceptors (Lipinski definition) is 1. The van der Waals surface area contributed by atoms with Gasteiger partial charge in [-0.2, -0.15) is 0 Å². The van der Waals surface area contributed by atoms with Crippen LogP contribution in [0.15, 0.2) is 12.2 Å². The molecule has 2 aliphatic carbocycles. The molecular formula is C10H14O. The first-order valence-corrected chi connectivity index (χ1v) is 4.33. The third-order valence-electron chi connectivity index (χ3n) is 3.79. The second-order valence-corrected chi connectivity index (χ2v) is 4.16. The van der Waals surface area contributed by atoms with E-state index in [1.807, 2.05) is 0 Å². The first kappa shape index (κ1) is 7.08. The Balaban J connectivity index is 2.38. The van der Waals surface area contributed by atoms with Crippen molar-refractivity contribution in [1.82, 2.24) is 0 Å². The molecule has 1 fully saturated rings. The molecular weight excluding hydrogens is 136 g/mol. The van der Waals surface area contributed by atoms with Gasteiger partial charge >= 0.3 is 0 Å². The second-order valence-electron chi connectivity index (χ2n) is 4.16. The Morgan fingerprint density at radius 1 is 1.55 bits per heavy atom. The van der Waals surface area contributed by atoms with Gasteiger partial charge in [-0.15, -0.1) is 0 Å². The maximum Gasteiger partial charge on any atom is 0.126 e. The van der Waals surface area contributed by atoms with E-state index < -0.39 is 0 Å². The molecule has 0 amide bonds. The normalized spacial score (nSPS) is 53.5. The zero-order valence-corrected chi connectivity index (χ0v) is 7.08. The zero-order valence-electron chi connectivity index (χ0n) is 7.08. The number of allylic oxidation sites excluding steroid dienone is 2. The van der Waals surface area contributed by atoms with Gasteiger partial charge in [0, 0.05) is 5.41 Å². The standard InChI is InChI=1S/C10H14O/c1-7-8-3-4-9(5-8)10(7,2)6-11/h3-4,6-9H,5H2,1-2H3/t7-,8-,9+,10-/m0/s1. The van der Waals surface area contributed by atoms with E-state index in [1.165, 1.54) is 6.42 Å². The molecule has 0 aromatic carbocycles. The minimum absolute atomic E-state index is 0.0561. The van der Waals surface area contributed by atoms with Crippen molar-refractivity contribution < 1.29 is 4.79 Å². The van der Waals surface area contributed by atoms with Crippen LogP contribution in [0.5, 0.6) is 0 Å². The van der Waals surface area contributed by atoms with Gasteiger partial charge in [0.25, 0.3) is 0 Å². The highest BCUT2D eigenvalue weighted by molar-refractivity contribution is 5.62. The van der Waals surface area contributed by atoms with Crippen LogP contribution in [0.3, 0.4) is 0 Å². The lowest BCUT2D eigenvalue weighted by atomic mass is 9.72. The fraction of sp³-hybridized carbons (Fsp3) is 0.700. The van der Waals surface area contributed by atoms with Crippen LogP contribution < -0.4 is 0 Å². The van der Waals surface area contributed by atoms with E-state index in [4.69, 9.17) is 0 Å². The molecule has 0 N–H and O–H groups in total. The van der Waals surface area contributed by atoms with E-state index in [9.17, 15) is 4.79 Å². The smallest absolute Gasteiger partial charge is 0.126 e. The van der Waals surface area contributed by atoms with E-state index >= 15 is 0 Å². The zero-order chi connectivity index (χ0) is 8.06. The summed E-state index contributed by atoms with van der Waals surface area (Å²) in [6, 6.07) is 0. The van der Waals surface area contributed by atoms with Gasteiger partial charge < -0.3 is 4.79 Å².